The van der Waals surface area contributed by atoms with Gasteiger partial charge in [-0.15, -0.1) is 0 Å². The zero-order valence-electron chi connectivity index (χ0n) is 18.3. The molecule has 2 aromatic carbocycles. The minimum absolute atomic E-state index is 0.119. The lowest BCUT2D eigenvalue weighted by molar-refractivity contribution is -0.131. The molecular weight excluding hydrogens is 512 g/mol. The number of halogens is 1. The largest absolute Gasteiger partial charge is 0.427 e. The van der Waals surface area contributed by atoms with Crippen molar-refractivity contribution in [2.75, 3.05) is 32.7 Å². The Balaban J connectivity index is 1.49. The van der Waals surface area contributed by atoms with Gasteiger partial charge in [0.15, 0.2) is 0 Å². The number of rotatable bonds is 7. The summed E-state index contributed by atoms with van der Waals surface area (Å²) < 4.78 is 32.8. The maximum atomic E-state index is 12.8. The first kappa shape index (κ1) is 25.0. The van der Waals surface area contributed by atoms with Gasteiger partial charge in [0, 0.05) is 37.6 Å². The van der Waals surface area contributed by atoms with Gasteiger partial charge in [0.2, 0.25) is 10.0 Å². The van der Waals surface area contributed by atoms with Crippen molar-refractivity contribution < 1.29 is 22.7 Å². The summed E-state index contributed by atoms with van der Waals surface area (Å²) in [5, 5.41) is 4.12. The maximum Gasteiger partial charge on any atom is 0.308 e. The molecule has 1 aliphatic rings. The Hall–Kier alpha value is -2.60. The zero-order valence-corrected chi connectivity index (χ0v) is 20.7. The van der Waals surface area contributed by atoms with Gasteiger partial charge in [-0.2, -0.15) is 9.41 Å². The highest BCUT2D eigenvalue weighted by molar-refractivity contribution is 9.10. The molecule has 1 fully saturated rings. The van der Waals surface area contributed by atoms with E-state index in [-0.39, 0.29) is 17.3 Å². The highest BCUT2D eigenvalue weighted by Gasteiger charge is 2.29. The minimum atomic E-state index is -3.56. The predicted octanol–water partition coefficient (Wildman–Crippen LogP) is 2.22. The predicted molar refractivity (Wildman–Crippen MR) is 127 cm³/mol. The normalized spacial score (nSPS) is 15.8. The maximum absolute atomic E-state index is 12.8. The van der Waals surface area contributed by atoms with Crippen molar-refractivity contribution in [3.8, 4) is 5.75 Å². The van der Waals surface area contributed by atoms with Crippen LogP contribution >= 0.6 is 15.9 Å². The standard InChI is InChI=1S/C22H25BrN4O5S/c1-16(18-3-7-20(8-4-18)32-17(2)28)24-25-22(29)15-26-11-13-27(14-12-26)33(30,31)21-9-5-19(23)6-10-21/h3-10H,11-15H2,1-2H3,(H,25,29)/b24-16+. The van der Waals surface area contributed by atoms with Crippen LogP contribution in [0, 0.1) is 0 Å². The topological polar surface area (TPSA) is 108 Å². The van der Waals surface area contributed by atoms with E-state index in [0.717, 1.165) is 10.0 Å². The van der Waals surface area contributed by atoms with E-state index >= 15 is 0 Å². The number of carbonyl (C=O) groups excluding carboxylic acids is 2. The first-order valence-electron chi connectivity index (χ1n) is 10.3. The molecule has 0 unspecified atom stereocenters. The summed E-state index contributed by atoms with van der Waals surface area (Å²) in [6.45, 7) is 4.72. The Bertz CT molecular complexity index is 1130. The second kappa shape index (κ2) is 11.0. The highest BCUT2D eigenvalue weighted by atomic mass is 79.9. The third-order valence-electron chi connectivity index (χ3n) is 5.03. The lowest BCUT2D eigenvalue weighted by Gasteiger charge is -2.33. The molecule has 0 atom stereocenters. The van der Waals surface area contributed by atoms with Gasteiger partial charge in [-0.3, -0.25) is 14.5 Å². The second-order valence-corrected chi connectivity index (χ2v) is 10.3. The van der Waals surface area contributed by atoms with E-state index in [4.69, 9.17) is 4.74 Å². The molecule has 1 amide bonds. The number of benzene rings is 2. The van der Waals surface area contributed by atoms with Crippen molar-refractivity contribution in [2.45, 2.75) is 18.7 Å². The Labute approximate surface area is 201 Å². The molecule has 0 saturated carbocycles. The van der Waals surface area contributed by atoms with Crippen LogP contribution in [0.4, 0.5) is 0 Å². The van der Waals surface area contributed by atoms with Gasteiger partial charge in [-0.1, -0.05) is 15.9 Å². The number of carbonyl (C=O) groups is 2. The molecule has 2 aromatic rings. The van der Waals surface area contributed by atoms with Crippen molar-refractivity contribution in [1.29, 1.82) is 0 Å². The van der Waals surface area contributed by atoms with Gasteiger partial charge < -0.3 is 4.74 Å². The molecular formula is C22H25BrN4O5S. The average Bonchev–Trinajstić information content (AvgIpc) is 2.78. The molecule has 1 N–H and O–H groups in total. The molecule has 33 heavy (non-hydrogen) atoms. The molecule has 0 aromatic heterocycles. The number of amides is 1. The van der Waals surface area contributed by atoms with Crippen LogP contribution < -0.4 is 10.2 Å². The Kier molecular flexibility index (Phi) is 8.35. The first-order chi connectivity index (χ1) is 15.6. The van der Waals surface area contributed by atoms with Crippen LogP contribution in [0.25, 0.3) is 0 Å². The number of hydrogen-bond acceptors (Lipinski definition) is 7. The Morgan fingerprint density at radius 2 is 1.61 bits per heavy atom. The fraction of sp³-hybridized carbons (Fsp3) is 0.318. The van der Waals surface area contributed by atoms with Gasteiger partial charge in [0.25, 0.3) is 5.91 Å². The van der Waals surface area contributed by atoms with Gasteiger partial charge in [0.1, 0.15) is 5.75 Å². The molecule has 1 saturated heterocycles. The van der Waals surface area contributed by atoms with Crippen molar-refractivity contribution in [1.82, 2.24) is 14.6 Å². The van der Waals surface area contributed by atoms with E-state index in [0.29, 0.717) is 37.6 Å². The lowest BCUT2D eigenvalue weighted by Crippen LogP contribution is -2.50. The van der Waals surface area contributed by atoms with Crippen LogP contribution in [0.3, 0.4) is 0 Å². The average molecular weight is 537 g/mol. The number of nitrogens with one attached hydrogen (secondary N) is 1. The van der Waals surface area contributed by atoms with Crippen LogP contribution in [-0.4, -0.2) is 67.9 Å². The number of sulfonamides is 1. The Morgan fingerprint density at radius 1 is 1.00 bits per heavy atom. The fourth-order valence-electron chi connectivity index (χ4n) is 3.26. The molecule has 3 rings (SSSR count). The molecule has 0 bridgehead atoms. The summed E-state index contributed by atoms with van der Waals surface area (Å²) >= 11 is 3.31. The molecule has 9 nitrogen and oxygen atoms in total. The van der Waals surface area contributed by atoms with E-state index in [1.165, 1.54) is 11.2 Å². The number of nitrogens with zero attached hydrogens (tertiary/aromatic N) is 3. The summed E-state index contributed by atoms with van der Waals surface area (Å²) in [6.07, 6.45) is 0. The monoisotopic (exact) mass is 536 g/mol. The SMILES string of the molecule is CC(=O)Oc1ccc(/C(C)=N/NC(=O)CN2CCN(S(=O)(=O)c3ccc(Br)cc3)CC2)cc1. The second-order valence-electron chi connectivity index (χ2n) is 7.48. The summed E-state index contributed by atoms with van der Waals surface area (Å²) in [6, 6.07) is 13.3. The van der Waals surface area contributed by atoms with Crippen LogP contribution in [0.15, 0.2) is 63.0 Å². The molecule has 0 spiro atoms. The highest BCUT2D eigenvalue weighted by Crippen LogP contribution is 2.20. The van der Waals surface area contributed by atoms with E-state index in [2.05, 4.69) is 26.5 Å². The number of piperazine rings is 1. The van der Waals surface area contributed by atoms with Crippen LogP contribution in [0.1, 0.15) is 19.4 Å². The molecule has 11 heteroatoms. The Morgan fingerprint density at radius 3 is 2.18 bits per heavy atom. The van der Waals surface area contributed by atoms with Gasteiger partial charge in [-0.25, -0.2) is 13.8 Å². The zero-order chi connectivity index (χ0) is 24.0. The van der Waals surface area contributed by atoms with Gasteiger partial charge in [0.05, 0.1) is 17.2 Å². The van der Waals surface area contributed by atoms with Crippen molar-refractivity contribution in [3.05, 3.63) is 58.6 Å². The summed E-state index contributed by atoms with van der Waals surface area (Å²) in [7, 11) is -3.56. The summed E-state index contributed by atoms with van der Waals surface area (Å²) in [4.78, 5) is 25.4. The van der Waals surface area contributed by atoms with Crippen molar-refractivity contribution >= 4 is 43.5 Å². The number of hydrogen-bond donors (Lipinski definition) is 1. The molecule has 1 aliphatic heterocycles. The molecule has 176 valence electrons. The van der Waals surface area contributed by atoms with E-state index in [9.17, 15) is 18.0 Å². The third-order valence-corrected chi connectivity index (χ3v) is 7.47. The smallest absolute Gasteiger partial charge is 0.308 e. The van der Waals surface area contributed by atoms with E-state index in [1.54, 1.807) is 55.5 Å². The van der Waals surface area contributed by atoms with Gasteiger partial charge in [-0.05, 0) is 61.0 Å². The van der Waals surface area contributed by atoms with Crippen LogP contribution in [0.5, 0.6) is 5.75 Å². The molecule has 0 radical (unpaired) electrons. The van der Waals surface area contributed by atoms with Crippen LogP contribution in [-0.2, 0) is 19.6 Å². The number of ether oxygens (including phenoxy) is 1. The number of esters is 1. The molecule has 1 heterocycles. The fourth-order valence-corrected chi connectivity index (χ4v) is 4.95. The first-order valence-corrected chi connectivity index (χ1v) is 12.5. The van der Waals surface area contributed by atoms with E-state index < -0.39 is 16.0 Å². The van der Waals surface area contributed by atoms with Gasteiger partial charge >= 0.3 is 5.97 Å². The molecule has 0 aliphatic carbocycles. The van der Waals surface area contributed by atoms with Crippen molar-refractivity contribution in [3.63, 3.8) is 0 Å². The van der Waals surface area contributed by atoms with E-state index in [1.807, 2.05) is 4.90 Å². The van der Waals surface area contributed by atoms with Crippen LogP contribution in [0.2, 0.25) is 0 Å². The quantitative estimate of drug-likeness (QED) is 0.251. The third kappa shape index (κ3) is 6.94. The lowest BCUT2D eigenvalue weighted by atomic mass is 10.1. The van der Waals surface area contributed by atoms with Crippen molar-refractivity contribution in [2.24, 2.45) is 5.10 Å². The minimum Gasteiger partial charge on any atom is -0.427 e. The number of hydrazone groups is 1. The summed E-state index contributed by atoms with van der Waals surface area (Å²) in [5.41, 5.74) is 3.91. The summed E-state index contributed by atoms with van der Waals surface area (Å²) in [5.74, 6) is -0.244.